The lowest BCUT2D eigenvalue weighted by molar-refractivity contribution is -0.938. The number of ether oxygens (including phenoxy) is 2. The normalized spacial score (nSPS) is 24.6. The zero-order chi connectivity index (χ0) is 14.8. The highest BCUT2D eigenvalue weighted by Gasteiger charge is 2.27. The first-order chi connectivity index (χ1) is 10.1. The van der Waals surface area contributed by atoms with Gasteiger partial charge in [0.15, 0.2) is 11.5 Å². The molecular formula is C14H21N3O4+2. The van der Waals surface area contributed by atoms with Gasteiger partial charge in [-0.25, -0.2) is 0 Å². The Morgan fingerprint density at radius 3 is 2.71 bits per heavy atom. The third-order valence-electron chi connectivity index (χ3n) is 4.25. The molecule has 21 heavy (non-hydrogen) atoms. The van der Waals surface area contributed by atoms with Crippen molar-refractivity contribution in [1.82, 2.24) is 0 Å². The molecule has 0 aromatic heterocycles. The molecule has 7 nitrogen and oxygen atoms in total. The number of nitro groups is 1. The first kappa shape index (κ1) is 14.1. The van der Waals surface area contributed by atoms with Crippen molar-refractivity contribution in [2.45, 2.75) is 13.0 Å². The Bertz CT molecular complexity index is 549. The number of nitrogens with zero attached hydrogens (tertiary/aromatic N) is 1. The summed E-state index contributed by atoms with van der Waals surface area (Å²) in [5.41, 5.74) is 0.871. The molecule has 0 radical (unpaired) electrons. The van der Waals surface area contributed by atoms with Gasteiger partial charge in [0.2, 0.25) is 6.79 Å². The van der Waals surface area contributed by atoms with Crippen molar-refractivity contribution in [2.24, 2.45) is 0 Å². The van der Waals surface area contributed by atoms with Crippen molar-refractivity contribution < 1.29 is 24.2 Å². The average molecular weight is 295 g/mol. The van der Waals surface area contributed by atoms with Crippen LogP contribution >= 0.6 is 0 Å². The van der Waals surface area contributed by atoms with Gasteiger partial charge in [-0.05, 0) is 6.07 Å². The highest BCUT2D eigenvalue weighted by Crippen LogP contribution is 2.37. The van der Waals surface area contributed by atoms with Gasteiger partial charge in [0.25, 0.3) is 5.69 Å². The highest BCUT2D eigenvalue weighted by atomic mass is 16.7. The predicted molar refractivity (Wildman–Crippen MR) is 74.9 cm³/mol. The van der Waals surface area contributed by atoms with E-state index >= 15 is 0 Å². The van der Waals surface area contributed by atoms with E-state index in [-0.39, 0.29) is 17.4 Å². The van der Waals surface area contributed by atoms with E-state index in [0.29, 0.717) is 18.0 Å². The molecule has 2 atom stereocenters. The van der Waals surface area contributed by atoms with Crippen LogP contribution in [-0.4, -0.2) is 44.9 Å². The number of benzene rings is 1. The van der Waals surface area contributed by atoms with E-state index in [1.807, 2.05) is 0 Å². The lowest BCUT2D eigenvalue weighted by atomic mass is 10.1. The third-order valence-corrected chi connectivity index (χ3v) is 4.25. The van der Waals surface area contributed by atoms with Crippen LogP contribution in [0.15, 0.2) is 12.1 Å². The summed E-state index contributed by atoms with van der Waals surface area (Å²) in [6.45, 7) is 5.18. The SMILES string of the molecule is C[NH+]1CCC[NH+](Cc2cc3c(cc2[N+](=O)[O-])OCO3)CC1. The Hall–Kier alpha value is -1.86. The van der Waals surface area contributed by atoms with Gasteiger partial charge in [-0.1, -0.05) is 0 Å². The molecule has 7 heteroatoms. The van der Waals surface area contributed by atoms with Crippen LogP contribution in [-0.2, 0) is 6.54 Å². The molecule has 2 aliphatic heterocycles. The smallest absolute Gasteiger partial charge is 0.282 e. The van der Waals surface area contributed by atoms with Crippen molar-refractivity contribution in [1.29, 1.82) is 0 Å². The molecule has 0 saturated carbocycles. The Labute approximate surface area is 123 Å². The van der Waals surface area contributed by atoms with Crippen molar-refractivity contribution in [3.05, 3.63) is 27.8 Å². The van der Waals surface area contributed by atoms with Gasteiger partial charge < -0.3 is 19.3 Å². The van der Waals surface area contributed by atoms with Crippen molar-refractivity contribution in [3.8, 4) is 11.5 Å². The van der Waals surface area contributed by atoms with E-state index < -0.39 is 0 Å². The summed E-state index contributed by atoms with van der Waals surface area (Å²) in [7, 11) is 2.20. The number of likely N-dealkylation sites (N-methyl/N-ethyl adjacent to an activating group) is 1. The van der Waals surface area contributed by atoms with Crippen LogP contribution in [0.25, 0.3) is 0 Å². The van der Waals surface area contributed by atoms with Crippen molar-refractivity contribution in [2.75, 3.05) is 40.0 Å². The van der Waals surface area contributed by atoms with E-state index in [4.69, 9.17) is 9.47 Å². The summed E-state index contributed by atoms with van der Waals surface area (Å²) < 4.78 is 10.6. The topological polar surface area (TPSA) is 70.5 Å². The monoisotopic (exact) mass is 295 g/mol. The third kappa shape index (κ3) is 3.08. The predicted octanol–water partition coefficient (Wildman–Crippen LogP) is -1.37. The summed E-state index contributed by atoms with van der Waals surface area (Å²) in [5, 5.41) is 11.3. The molecule has 0 aliphatic carbocycles. The Morgan fingerprint density at radius 2 is 1.95 bits per heavy atom. The van der Waals surface area contributed by atoms with Crippen molar-refractivity contribution in [3.63, 3.8) is 0 Å². The quantitative estimate of drug-likeness (QED) is 0.533. The molecule has 2 N–H and O–H groups in total. The average Bonchev–Trinajstić information content (AvgIpc) is 2.81. The van der Waals surface area contributed by atoms with Gasteiger partial charge in [-0.2, -0.15) is 0 Å². The van der Waals surface area contributed by atoms with Crippen LogP contribution in [0.4, 0.5) is 5.69 Å². The fraction of sp³-hybridized carbons (Fsp3) is 0.571. The Balaban J connectivity index is 1.82. The summed E-state index contributed by atoms with van der Waals surface area (Å²) in [6, 6.07) is 3.27. The molecular weight excluding hydrogens is 274 g/mol. The molecule has 0 spiro atoms. The molecule has 3 rings (SSSR count). The number of nitro benzene ring substituents is 1. The second-order valence-corrected chi connectivity index (χ2v) is 5.83. The van der Waals surface area contributed by atoms with Gasteiger partial charge in [-0.15, -0.1) is 0 Å². The van der Waals surface area contributed by atoms with Gasteiger partial charge >= 0.3 is 0 Å². The number of nitrogens with one attached hydrogen (secondary N) is 2. The summed E-state index contributed by atoms with van der Waals surface area (Å²) in [5.74, 6) is 1.09. The highest BCUT2D eigenvalue weighted by molar-refractivity contribution is 5.54. The number of hydrogen-bond donors (Lipinski definition) is 2. The molecule has 2 unspecified atom stereocenters. The van der Waals surface area contributed by atoms with Crippen LogP contribution in [0.5, 0.6) is 11.5 Å². The van der Waals surface area contributed by atoms with E-state index in [2.05, 4.69) is 7.05 Å². The van der Waals surface area contributed by atoms with E-state index in [0.717, 1.165) is 31.6 Å². The van der Waals surface area contributed by atoms with Crippen LogP contribution in [0.3, 0.4) is 0 Å². The minimum atomic E-state index is -0.327. The zero-order valence-electron chi connectivity index (χ0n) is 12.2. The van der Waals surface area contributed by atoms with E-state index in [1.165, 1.54) is 22.4 Å². The fourth-order valence-corrected chi connectivity index (χ4v) is 3.01. The first-order valence-electron chi connectivity index (χ1n) is 7.35. The first-order valence-corrected chi connectivity index (χ1v) is 7.35. The maximum atomic E-state index is 11.3. The second-order valence-electron chi connectivity index (χ2n) is 5.83. The van der Waals surface area contributed by atoms with E-state index in [1.54, 1.807) is 6.07 Å². The van der Waals surface area contributed by atoms with Gasteiger partial charge in [0.1, 0.15) is 19.6 Å². The zero-order valence-corrected chi connectivity index (χ0v) is 12.2. The van der Waals surface area contributed by atoms with Crippen LogP contribution in [0.2, 0.25) is 0 Å². The second kappa shape index (κ2) is 5.87. The lowest BCUT2D eigenvalue weighted by Crippen LogP contribution is -3.15. The Kier molecular flexibility index (Phi) is 3.94. The van der Waals surface area contributed by atoms with Crippen LogP contribution < -0.4 is 19.3 Å². The molecule has 0 amide bonds. The number of fused-ring (bicyclic) bond motifs is 1. The molecule has 2 heterocycles. The number of hydrogen-bond acceptors (Lipinski definition) is 4. The fourth-order valence-electron chi connectivity index (χ4n) is 3.01. The summed E-state index contributed by atoms with van der Waals surface area (Å²) in [6.07, 6.45) is 1.15. The molecule has 114 valence electrons. The maximum absolute atomic E-state index is 11.3. The standard InChI is InChI=1S/C14H19N3O4/c1-15-3-2-4-16(6-5-15)9-11-7-13-14(21-10-20-13)8-12(11)17(18)19/h7-8H,2-6,9-10H2,1H3/p+2. The van der Waals surface area contributed by atoms with Gasteiger partial charge in [0, 0.05) is 6.42 Å². The van der Waals surface area contributed by atoms with Crippen molar-refractivity contribution >= 4 is 5.69 Å². The van der Waals surface area contributed by atoms with E-state index in [9.17, 15) is 10.1 Å². The maximum Gasteiger partial charge on any atom is 0.282 e. The Morgan fingerprint density at radius 1 is 1.19 bits per heavy atom. The molecule has 0 bridgehead atoms. The molecule has 1 saturated heterocycles. The lowest BCUT2D eigenvalue weighted by Gasteiger charge is -2.16. The largest absolute Gasteiger partial charge is 0.454 e. The minimum Gasteiger partial charge on any atom is -0.454 e. The number of quaternary nitrogens is 2. The number of rotatable bonds is 3. The van der Waals surface area contributed by atoms with Gasteiger partial charge in [-0.3, -0.25) is 10.1 Å². The summed E-state index contributed by atoms with van der Waals surface area (Å²) >= 11 is 0. The molecule has 1 aromatic carbocycles. The molecule has 1 aromatic rings. The van der Waals surface area contributed by atoms with Crippen LogP contribution in [0, 0.1) is 10.1 Å². The molecule has 1 fully saturated rings. The van der Waals surface area contributed by atoms with Gasteiger partial charge in [0.05, 0.1) is 36.7 Å². The minimum absolute atomic E-state index is 0.136. The summed E-state index contributed by atoms with van der Waals surface area (Å²) in [4.78, 5) is 13.9. The van der Waals surface area contributed by atoms with Crippen LogP contribution in [0.1, 0.15) is 12.0 Å². The molecule has 2 aliphatic rings.